The van der Waals surface area contributed by atoms with Crippen LogP contribution in [0.15, 0.2) is 78.9 Å². The highest BCUT2D eigenvalue weighted by Crippen LogP contribution is 2.15. The van der Waals surface area contributed by atoms with Gasteiger partial charge < -0.3 is 15.4 Å². The molecule has 0 bridgehead atoms. The highest BCUT2D eigenvalue weighted by Gasteiger charge is 2.08. The van der Waals surface area contributed by atoms with Crippen LogP contribution in [0.1, 0.15) is 28.4 Å². The van der Waals surface area contributed by atoms with E-state index in [0.29, 0.717) is 17.9 Å². The average Bonchev–Trinajstić information content (AvgIpc) is 2.79. The number of aryl methyl sites for hydroxylation is 1. The second kappa shape index (κ2) is 11.6. The van der Waals surface area contributed by atoms with E-state index in [-0.39, 0.29) is 16.9 Å². The first kappa shape index (κ1) is 23.7. The van der Waals surface area contributed by atoms with Crippen molar-refractivity contribution in [2.45, 2.75) is 13.8 Å². The molecule has 0 aliphatic carbocycles. The van der Waals surface area contributed by atoms with Gasteiger partial charge in [0, 0.05) is 23.0 Å². The topological polar surface area (TPSA) is 79.5 Å². The van der Waals surface area contributed by atoms with Crippen LogP contribution in [-0.2, 0) is 4.79 Å². The van der Waals surface area contributed by atoms with Gasteiger partial charge in [0.1, 0.15) is 5.75 Å². The van der Waals surface area contributed by atoms with Crippen molar-refractivity contribution in [1.82, 2.24) is 5.32 Å². The second-order valence-electron chi connectivity index (χ2n) is 7.18. The summed E-state index contributed by atoms with van der Waals surface area (Å²) >= 11 is 5.22. The Hall–Kier alpha value is -3.97. The molecule has 3 rings (SSSR count). The minimum Gasteiger partial charge on any atom is -0.494 e. The number of hydrogen-bond donors (Lipinski definition) is 3. The Morgan fingerprint density at radius 2 is 1.64 bits per heavy atom. The minimum atomic E-state index is -0.366. The van der Waals surface area contributed by atoms with Gasteiger partial charge in [-0.2, -0.15) is 0 Å². The summed E-state index contributed by atoms with van der Waals surface area (Å²) < 4.78 is 5.40. The normalized spacial score (nSPS) is 10.5. The summed E-state index contributed by atoms with van der Waals surface area (Å²) in [7, 11) is 0. The van der Waals surface area contributed by atoms with E-state index in [1.165, 1.54) is 6.08 Å². The van der Waals surface area contributed by atoms with Crippen molar-refractivity contribution in [2.75, 3.05) is 17.2 Å². The first-order valence-electron chi connectivity index (χ1n) is 10.4. The molecule has 0 spiro atoms. The Bertz CT molecular complexity index is 1170. The predicted octanol–water partition coefficient (Wildman–Crippen LogP) is 5.17. The molecule has 0 saturated heterocycles. The Labute approximate surface area is 198 Å². The summed E-state index contributed by atoms with van der Waals surface area (Å²) in [5, 5.41) is 8.52. The maximum absolute atomic E-state index is 12.6. The maximum Gasteiger partial charge on any atom is 0.255 e. The van der Waals surface area contributed by atoms with Crippen LogP contribution in [0.3, 0.4) is 0 Å². The van der Waals surface area contributed by atoms with E-state index in [1.807, 2.05) is 62.4 Å². The number of hydrogen-bond acceptors (Lipinski definition) is 4. The van der Waals surface area contributed by atoms with Crippen LogP contribution in [0, 0.1) is 6.92 Å². The lowest BCUT2D eigenvalue weighted by atomic mass is 10.1. The molecule has 0 aromatic heterocycles. The molecule has 0 fully saturated rings. The lowest BCUT2D eigenvalue weighted by Gasteiger charge is -2.10. The Morgan fingerprint density at radius 1 is 0.939 bits per heavy atom. The number of amides is 2. The van der Waals surface area contributed by atoms with Gasteiger partial charge in [0.15, 0.2) is 5.11 Å². The molecule has 7 heteroatoms. The summed E-state index contributed by atoms with van der Waals surface area (Å²) in [5.41, 5.74) is 3.69. The van der Waals surface area contributed by atoms with Crippen molar-refractivity contribution >= 4 is 46.6 Å². The Kier molecular flexibility index (Phi) is 8.32. The van der Waals surface area contributed by atoms with E-state index in [4.69, 9.17) is 17.0 Å². The van der Waals surface area contributed by atoms with Crippen LogP contribution in [0.25, 0.3) is 6.08 Å². The zero-order valence-corrected chi connectivity index (χ0v) is 19.2. The molecule has 3 aromatic carbocycles. The smallest absolute Gasteiger partial charge is 0.255 e. The first-order valence-corrected chi connectivity index (χ1v) is 10.8. The fourth-order valence-electron chi connectivity index (χ4n) is 2.99. The molecular formula is C26H25N3O3S. The van der Waals surface area contributed by atoms with Crippen molar-refractivity contribution in [3.05, 3.63) is 95.6 Å². The van der Waals surface area contributed by atoms with Crippen LogP contribution in [-0.4, -0.2) is 23.5 Å². The van der Waals surface area contributed by atoms with Crippen molar-refractivity contribution < 1.29 is 14.3 Å². The van der Waals surface area contributed by atoms with Gasteiger partial charge in [-0.3, -0.25) is 14.9 Å². The third-order valence-electron chi connectivity index (χ3n) is 4.51. The van der Waals surface area contributed by atoms with Crippen molar-refractivity contribution in [1.29, 1.82) is 0 Å². The number of carbonyl (C=O) groups excluding carboxylic acids is 2. The van der Waals surface area contributed by atoms with Gasteiger partial charge in [-0.15, -0.1) is 0 Å². The number of anilines is 2. The minimum absolute atomic E-state index is 0.132. The number of benzene rings is 3. The number of carbonyl (C=O) groups is 2. The number of nitrogens with one attached hydrogen (secondary N) is 3. The van der Waals surface area contributed by atoms with E-state index in [2.05, 4.69) is 16.0 Å². The summed E-state index contributed by atoms with van der Waals surface area (Å²) in [5.74, 6) is 0.173. The van der Waals surface area contributed by atoms with Gasteiger partial charge in [-0.1, -0.05) is 30.3 Å². The van der Waals surface area contributed by atoms with Crippen molar-refractivity contribution in [3.8, 4) is 5.75 Å². The molecule has 0 atom stereocenters. The average molecular weight is 460 g/mol. The molecule has 168 valence electrons. The van der Waals surface area contributed by atoms with Crippen LogP contribution in [0.2, 0.25) is 0 Å². The molecule has 0 aliphatic heterocycles. The maximum atomic E-state index is 12.6. The zero-order valence-electron chi connectivity index (χ0n) is 18.4. The van der Waals surface area contributed by atoms with E-state index < -0.39 is 0 Å². The first-order chi connectivity index (χ1) is 15.9. The predicted molar refractivity (Wildman–Crippen MR) is 137 cm³/mol. The van der Waals surface area contributed by atoms with Crippen molar-refractivity contribution in [3.63, 3.8) is 0 Å². The fraction of sp³-hybridized carbons (Fsp3) is 0.115. The van der Waals surface area contributed by atoms with Crippen LogP contribution < -0.4 is 20.7 Å². The summed E-state index contributed by atoms with van der Waals surface area (Å²) in [6.45, 7) is 4.48. The molecule has 0 heterocycles. The summed E-state index contributed by atoms with van der Waals surface area (Å²) in [6.07, 6.45) is 3.08. The summed E-state index contributed by atoms with van der Waals surface area (Å²) in [6, 6.07) is 21.8. The van der Waals surface area contributed by atoms with Gasteiger partial charge >= 0.3 is 0 Å². The third-order valence-corrected chi connectivity index (χ3v) is 4.72. The molecule has 3 N–H and O–H groups in total. The molecular weight excluding hydrogens is 434 g/mol. The second-order valence-corrected chi connectivity index (χ2v) is 7.59. The Morgan fingerprint density at radius 3 is 2.33 bits per heavy atom. The number of thiocarbonyl (C=S) groups is 1. The van der Waals surface area contributed by atoms with E-state index in [9.17, 15) is 9.59 Å². The molecule has 6 nitrogen and oxygen atoms in total. The SMILES string of the molecule is CCOc1ccc(/C=C/C(=O)NC(=S)Nc2cccc(C(=O)Nc3cccc(C)c3)c2)cc1. The highest BCUT2D eigenvalue weighted by molar-refractivity contribution is 7.80. The molecule has 0 radical (unpaired) electrons. The molecule has 0 unspecified atom stereocenters. The molecule has 33 heavy (non-hydrogen) atoms. The van der Waals surface area contributed by atoms with Crippen LogP contribution in [0.4, 0.5) is 11.4 Å². The quantitative estimate of drug-likeness (QED) is 0.335. The molecule has 0 saturated carbocycles. The number of rotatable bonds is 7. The third kappa shape index (κ3) is 7.59. The molecule has 0 aliphatic rings. The molecule has 2 amide bonds. The standard InChI is InChI=1S/C26H25N3O3S/c1-3-32-23-13-10-19(11-14-23)12-15-24(30)29-26(33)28-22-9-5-7-20(17-22)25(31)27-21-8-4-6-18(2)16-21/h4-17H,3H2,1-2H3,(H,27,31)(H2,28,29,30,33)/b15-12+. The fourth-order valence-corrected chi connectivity index (χ4v) is 3.21. The summed E-state index contributed by atoms with van der Waals surface area (Å²) in [4.78, 5) is 24.7. The largest absolute Gasteiger partial charge is 0.494 e. The lowest BCUT2D eigenvalue weighted by molar-refractivity contribution is -0.115. The van der Waals surface area contributed by atoms with E-state index in [0.717, 1.165) is 22.6 Å². The lowest BCUT2D eigenvalue weighted by Crippen LogP contribution is -2.32. The Balaban J connectivity index is 1.54. The van der Waals surface area contributed by atoms with Crippen molar-refractivity contribution in [2.24, 2.45) is 0 Å². The van der Waals surface area contributed by atoms with Gasteiger partial charge in [0.2, 0.25) is 5.91 Å². The zero-order chi connectivity index (χ0) is 23.6. The van der Waals surface area contributed by atoms with Gasteiger partial charge in [0.05, 0.1) is 6.61 Å². The van der Waals surface area contributed by atoms with E-state index >= 15 is 0 Å². The highest BCUT2D eigenvalue weighted by atomic mass is 32.1. The van der Waals surface area contributed by atoms with Gasteiger partial charge in [-0.05, 0) is 85.7 Å². The van der Waals surface area contributed by atoms with Gasteiger partial charge in [-0.25, -0.2) is 0 Å². The van der Waals surface area contributed by atoms with Crippen LogP contribution >= 0.6 is 12.2 Å². The van der Waals surface area contributed by atoms with Gasteiger partial charge in [0.25, 0.3) is 5.91 Å². The van der Waals surface area contributed by atoms with E-state index in [1.54, 1.807) is 30.3 Å². The monoisotopic (exact) mass is 459 g/mol. The van der Waals surface area contributed by atoms with Crippen LogP contribution in [0.5, 0.6) is 5.75 Å². The molecule has 3 aromatic rings. The number of ether oxygens (including phenoxy) is 1.